The predicted molar refractivity (Wildman–Crippen MR) is 59.4 cm³/mol. The highest BCUT2D eigenvalue weighted by atomic mass is 19.4. The van der Waals surface area contributed by atoms with Gasteiger partial charge in [0.25, 0.3) is 0 Å². The highest BCUT2D eigenvalue weighted by molar-refractivity contribution is 5.30. The Balaban J connectivity index is 3.21. The third-order valence-electron chi connectivity index (χ3n) is 2.93. The first-order valence-corrected chi connectivity index (χ1v) is 5.27. The summed E-state index contributed by atoms with van der Waals surface area (Å²) >= 11 is 0. The van der Waals surface area contributed by atoms with Gasteiger partial charge >= 0.3 is 6.18 Å². The second-order valence-corrected chi connectivity index (χ2v) is 4.52. The fraction of sp³-hybridized carbons (Fsp3) is 0.500. The number of ether oxygens (including phenoxy) is 1. The summed E-state index contributed by atoms with van der Waals surface area (Å²) in [6.45, 7) is 3.29. The molecule has 0 aliphatic carbocycles. The van der Waals surface area contributed by atoms with Gasteiger partial charge in [0.15, 0.2) is 0 Å². The Bertz CT molecular complexity index is 429. The van der Waals surface area contributed by atoms with Crippen molar-refractivity contribution >= 4 is 0 Å². The Morgan fingerprint density at radius 2 is 1.78 bits per heavy atom. The molecule has 0 bridgehead atoms. The first-order chi connectivity index (χ1) is 8.09. The van der Waals surface area contributed by atoms with Crippen LogP contribution in [0.2, 0.25) is 0 Å². The maximum Gasteiger partial charge on any atom is 0.419 e. The first-order valence-electron chi connectivity index (χ1n) is 5.27. The number of hydrogen-bond acceptors (Lipinski definition) is 2. The molecule has 0 fully saturated rings. The van der Waals surface area contributed by atoms with Crippen LogP contribution >= 0.6 is 0 Å². The van der Waals surface area contributed by atoms with Gasteiger partial charge in [0, 0.05) is 7.11 Å². The Kier molecular flexibility index (Phi) is 4.02. The van der Waals surface area contributed by atoms with Gasteiger partial charge in [-0.2, -0.15) is 13.2 Å². The van der Waals surface area contributed by atoms with Crippen molar-refractivity contribution in [3.63, 3.8) is 0 Å². The monoisotopic (exact) mass is 265 g/mol. The molecule has 2 nitrogen and oxygen atoms in total. The van der Waals surface area contributed by atoms with Crippen molar-refractivity contribution in [2.45, 2.75) is 31.7 Å². The van der Waals surface area contributed by atoms with E-state index in [1.807, 2.05) is 0 Å². The van der Waals surface area contributed by atoms with Crippen molar-refractivity contribution < 1.29 is 22.3 Å². The van der Waals surface area contributed by atoms with Crippen molar-refractivity contribution in [2.75, 3.05) is 7.11 Å². The molecule has 102 valence electrons. The smallest absolute Gasteiger partial charge is 0.377 e. The Hall–Kier alpha value is -1.14. The zero-order valence-electron chi connectivity index (χ0n) is 10.3. The van der Waals surface area contributed by atoms with E-state index in [2.05, 4.69) is 0 Å². The highest BCUT2D eigenvalue weighted by Crippen LogP contribution is 2.34. The molecule has 0 aromatic heterocycles. The van der Waals surface area contributed by atoms with Gasteiger partial charge in [0.2, 0.25) is 0 Å². The number of rotatable bonds is 3. The van der Waals surface area contributed by atoms with Crippen LogP contribution in [-0.4, -0.2) is 12.7 Å². The molecule has 6 heteroatoms. The van der Waals surface area contributed by atoms with Crippen molar-refractivity contribution in [1.82, 2.24) is 0 Å². The van der Waals surface area contributed by atoms with Crippen molar-refractivity contribution in [3.05, 3.63) is 35.1 Å². The molecule has 0 saturated carbocycles. The zero-order valence-corrected chi connectivity index (χ0v) is 10.3. The average molecular weight is 265 g/mol. The molecule has 0 radical (unpaired) electrons. The van der Waals surface area contributed by atoms with Gasteiger partial charge in [0.1, 0.15) is 5.82 Å². The Morgan fingerprint density at radius 1 is 1.22 bits per heavy atom. The van der Waals surface area contributed by atoms with E-state index in [9.17, 15) is 17.6 Å². The zero-order chi connectivity index (χ0) is 14.1. The van der Waals surface area contributed by atoms with Gasteiger partial charge in [-0.1, -0.05) is 6.07 Å². The fourth-order valence-electron chi connectivity index (χ4n) is 1.48. The molecular weight excluding hydrogens is 250 g/mol. The molecule has 0 aliphatic rings. The summed E-state index contributed by atoms with van der Waals surface area (Å²) in [5.74, 6) is -1.31. The minimum absolute atomic E-state index is 0.176. The number of halogens is 4. The van der Waals surface area contributed by atoms with Crippen molar-refractivity contribution in [3.8, 4) is 0 Å². The van der Waals surface area contributed by atoms with Crippen LogP contribution in [0.25, 0.3) is 0 Å². The molecule has 1 unspecified atom stereocenters. The van der Waals surface area contributed by atoms with E-state index < -0.39 is 29.2 Å². The minimum atomic E-state index is -4.74. The Labute approximate surface area is 103 Å². The van der Waals surface area contributed by atoms with E-state index >= 15 is 0 Å². The van der Waals surface area contributed by atoms with Gasteiger partial charge in [0.05, 0.1) is 17.2 Å². The summed E-state index contributed by atoms with van der Waals surface area (Å²) < 4.78 is 55.9. The summed E-state index contributed by atoms with van der Waals surface area (Å²) in [5, 5.41) is 0. The second kappa shape index (κ2) is 4.85. The maximum atomic E-state index is 13.1. The number of hydrogen-bond donors (Lipinski definition) is 1. The molecule has 0 spiro atoms. The van der Waals surface area contributed by atoms with Crippen LogP contribution in [0.4, 0.5) is 17.6 Å². The van der Waals surface area contributed by atoms with Crippen LogP contribution in [0.1, 0.15) is 31.0 Å². The van der Waals surface area contributed by atoms with E-state index in [0.717, 1.165) is 12.1 Å². The van der Waals surface area contributed by atoms with E-state index in [-0.39, 0.29) is 5.56 Å². The molecular formula is C12H15F4NO. The van der Waals surface area contributed by atoms with E-state index in [4.69, 9.17) is 10.5 Å². The largest absolute Gasteiger partial charge is 0.419 e. The number of alkyl halides is 3. The van der Waals surface area contributed by atoms with E-state index in [0.29, 0.717) is 0 Å². The van der Waals surface area contributed by atoms with Crippen molar-refractivity contribution in [1.29, 1.82) is 0 Å². The molecule has 1 aromatic carbocycles. The minimum Gasteiger partial charge on any atom is -0.377 e. The quantitative estimate of drug-likeness (QED) is 0.851. The fourth-order valence-corrected chi connectivity index (χ4v) is 1.48. The van der Waals surface area contributed by atoms with Crippen LogP contribution in [0.15, 0.2) is 18.2 Å². The SMILES string of the molecule is COC(C)(C)C(N)c1ccc(F)c(C(F)(F)F)c1. The maximum absolute atomic E-state index is 13.1. The summed E-state index contributed by atoms with van der Waals surface area (Å²) in [6, 6.07) is 1.93. The first kappa shape index (κ1) is 14.9. The van der Waals surface area contributed by atoms with Crippen LogP contribution in [0.5, 0.6) is 0 Å². The third kappa shape index (κ3) is 3.00. The van der Waals surface area contributed by atoms with E-state index in [1.54, 1.807) is 13.8 Å². The van der Waals surface area contributed by atoms with Crippen LogP contribution in [0, 0.1) is 5.82 Å². The lowest BCUT2D eigenvalue weighted by Crippen LogP contribution is -2.37. The molecule has 1 atom stereocenters. The molecule has 1 aromatic rings. The van der Waals surface area contributed by atoms with Crippen LogP contribution in [0.3, 0.4) is 0 Å². The van der Waals surface area contributed by atoms with Crippen LogP contribution in [-0.2, 0) is 10.9 Å². The van der Waals surface area contributed by atoms with Gasteiger partial charge < -0.3 is 10.5 Å². The van der Waals surface area contributed by atoms with Gasteiger partial charge in [-0.25, -0.2) is 4.39 Å². The Morgan fingerprint density at radius 3 is 2.22 bits per heavy atom. The average Bonchev–Trinajstić information content (AvgIpc) is 2.27. The molecule has 0 saturated heterocycles. The molecule has 1 rings (SSSR count). The number of methoxy groups -OCH3 is 1. The van der Waals surface area contributed by atoms with Crippen molar-refractivity contribution in [2.24, 2.45) is 5.73 Å². The third-order valence-corrected chi connectivity index (χ3v) is 2.93. The molecule has 0 amide bonds. The molecule has 18 heavy (non-hydrogen) atoms. The summed E-state index contributed by atoms with van der Waals surface area (Å²) in [5.41, 5.74) is 3.84. The van der Waals surface area contributed by atoms with Gasteiger partial charge in [-0.15, -0.1) is 0 Å². The normalized spacial score (nSPS) is 14.7. The van der Waals surface area contributed by atoms with Gasteiger partial charge in [-0.05, 0) is 31.5 Å². The van der Waals surface area contributed by atoms with Gasteiger partial charge in [-0.3, -0.25) is 0 Å². The summed E-state index contributed by atoms with van der Waals surface area (Å²) in [4.78, 5) is 0. The summed E-state index contributed by atoms with van der Waals surface area (Å²) in [6.07, 6.45) is -4.74. The molecule has 0 aliphatic heterocycles. The lowest BCUT2D eigenvalue weighted by molar-refractivity contribution is -0.140. The standard InChI is InChI=1S/C12H15F4NO/c1-11(2,18-3)10(17)7-4-5-9(13)8(6-7)12(14,15)16/h4-6,10H,17H2,1-3H3. The molecule has 0 heterocycles. The van der Waals surface area contributed by atoms with Crippen LogP contribution < -0.4 is 5.73 Å². The lowest BCUT2D eigenvalue weighted by atomic mass is 9.91. The highest BCUT2D eigenvalue weighted by Gasteiger charge is 2.36. The summed E-state index contributed by atoms with van der Waals surface area (Å²) in [7, 11) is 1.41. The molecule has 2 N–H and O–H groups in total. The number of benzene rings is 1. The topological polar surface area (TPSA) is 35.2 Å². The second-order valence-electron chi connectivity index (χ2n) is 4.52. The van der Waals surface area contributed by atoms with E-state index in [1.165, 1.54) is 13.2 Å². The predicted octanol–water partition coefficient (Wildman–Crippen LogP) is 3.27. The lowest BCUT2D eigenvalue weighted by Gasteiger charge is -2.30. The number of nitrogens with two attached hydrogens (primary N) is 1.